The lowest BCUT2D eigenvalue weighted by molar-refractivity contribution is 0.546. The fraction of sp³-hybridized carbons (Fsp3) is 0.267. The molecular weight excluding hydrogens is 222 g/mol. The van der Waals surface area contributed by atoms with Crippen LogP contribution in [0.25, 0.3) is 0 Å². The molecule has 0 saturated heterocycles. The molecule has 1 unspecified atom stereocenters. The third kappa shape index (κ3) is 3.15. The third-order valence-electron chi connectivity index (χ3n) is 3.13. The van der Waals surface area contributed by atoms with E-state index in [0.717, 1.165) is 18.5 Å². The van der Waals surface area contributed by atoms with E-state index in [1.54, 1.807) is 0 Å². The molecule has 1 heterocycles. The maximum absolute atomic E-state index is 5.65. The predicted octanol–water partition coefficient (Wildman–Crippen LogP) is 2.39. The van der Waals surface area contributed by atoms with Crippen molar-refractivity contribution in [2.75, 3.05) is 0 Å². The zero-order chi connectivity index (χ0) is 12.8. The molecule has 2 rings (SSSR count). The van der Waals surface area contributed by atoms with Crippen LogP contribution in [0.1, 0.15) is 29.8 Å². The van der Waals surface area contributed by atoms with Gasteiger partial charge in [-0.1, -0.05) is 37.3 Å². The second kappa shape index (κ2) is 6.28. The number of hydrogen-bond acceptors (Lipinski definition) is 3. The molecule has 0 aliphatic rings. The van der Waals surface area contributed by atoms with Crippen LogP contribution in [-0.4, -0.2) is 4.98 Å². The van der Waals surface area contributed by atoms with Gasteiger partial charge in [0.2, 0.25) is 0 Å². The number of hydrazine groups is 1. The Morgan fingerprint density at radius 2 is 1.94 bits per heavy atom. The van der Waals surface area contributed by atoms with Crippen molar-refractivity contribution in [3.63, 3.8) is 0 Å². The van der Waals surface area contributed by atoms with Crippen LogP contribution in [0.4, 0.5) is 0 Å². The van der Waals surface area contributed by atoms with Gasteiger partial charge in [-0.15, -0.1) is 0 Å². The van der Waals surface area contributed by atoms with E-state index in [2.05, 4.69) is 41.6 Å². The highest BCUT2D eigenvalue weighted by Gasteiger charge is 2.10. The minimum atomic E-state index is 0.103. The topological polar surface area (TPSA) is 50.9 Å². The van der Waals surface area contributed by atoms with Crippen molar-refractivity contribution >= 4 is 0 Å². The van der Waals surface area contributed by atoms with Gasteiger partial charge < -0.3 is 0 Å². The van der Waals surface area contributed by atoms with E-state index >= 15 is 0 Å². The van der Waals surface area contributed by atoms with E-state index in [1.807, 2.05) is 24.4 Å². The second-order valence-corrected chi connectivity index (χ2v) is 4.34. The van der Waals surface area contributed by atoms with Crippen LogP contribution >= 0.6 is 0 Å². The average molecular weight is 241 g/mol. The normalized spacial score (nSPS) is 12.3. The minimum Gasteiger partial charge on any atom is -0.271 e. The number of nitrogens with zero attached hydrogens (tertiary/aromatic N) is 1. The average Bonchev–Trinajstić information content (AvgIpc) is 2.46. The van der Waals surface area contributed by atoms with Crippen LogP contribution < -0.4 is 11.3 Å². The lowest BCUT2D eigenvalue weighted by Crippen LogP contribution is -2.29. The first kappa shape index (κ1) is 12.7. The third-order valence-corrected chi connectivity index (χ3v) is 3.13. The van der Waals surface area contributed by atoms with Crippen LogP contribution in [0.3, 0.4) is 0 Å². The lowest BCUT2D eigenvalue weighted by Gasteiger charge is -2.16. The minimum absolute atomic E-state index is 0.103. The molecule has 3 nitrogen and oxygen atoms in total. The Hall–Kier alpha value is -1.71. The van der Waals surface area contributed by atoms with Gasteiger partial charge in [0.1, 0.15) is 0 Å². The summed E-state index contributed by atoms with van der Waals surface area (Å²) in [7, 11) is 0. The molecule has 1 aromatic carbocycles. The van der Waals surface area contributed by atoms with Crippen LogP contribution in [-0.2, 0) is 12.8 Å². The van der Waals surface area contributed by atoms with Crippen molar-refractivity contribution in [1.29, 1.82) is 0 Å². The summed E-state index contributed by atoms with van der Waals surface area (Å²) in [6.07, 6.45) is 3.66. The molecule has 0 aliphatic carbocycles. The van der Waals surface area contributed by atoms with Gasteiger partial charge in [0.05, 0.1) is 6.04 Å². The Balaban J connectivity index is 2.12. The number of benzene rings is 1. The predicted molar refractivity (Wildman–Crippen MR) is 73.8 cm³/mol. The van der Waals surface area contributed by atoms with Gasteiger partial charge in [-0.25, -0.2) is 0 Å². The maximum atomic E-state index is 5.65. The molecule has 0 spiro atoms. The summed E-state index contributed by atoms with van der Waals surface area (Å²) >= 11 is 0. The number of nitrogens with two attached hydrogens (primary N) is 1. The Morgan fingerprint density at radius 1 is 1.17 bits per heavy atom. The van der Waals surface area contributed by atoms with Crippen LogP contribution in [0.15, 0.2) is 48.7 Å². The fourth-order valence-corrected chi connectivity index (χ4v) is 1.99. The van der Waals surface area contributed by atoms with Crippen LogP contribution in [0.2, 0.25) is 0 Å². The first-order valence-corrected chi connectivity index (χ1v) is 6.28. The molecule has 2 aromatic rings. The quantitative estimate of drug-likeness (QED) is 0.624. The highest BCUT2D eigenvalue weighted by atomic mass is 15.2. The van der Waals surface area contributed by atoms with Gasteiger partial charge in [-0.2, -0.15) is 0 Å². The standard InChI is InChI=1S/C15H19N3/c1-2-12-6-8-13(9-7-12)15(18-16)11-14-5-3-4-10-17-14/h3-10,15,18H,2,11,16H2,1H3. The molecular formula is C15H19N3. The maximum Gasteiger partial charge on any atom is 0.0515 e. The first-order valence-electron chi connectivity index (χ1n) is 6.28. The van der Waals surface area contributed by atoms with Crippen molar-refractivity contribution in [2.24, 2.45) is 5.84 Å². The highest BCUT2D eigenvalue weighted by molar-refractivity contribution is 5.26. The first-order chi connectivity index (χ1) is 8.83. The summed E-state index contributed by atoms with van der Waals surface area (Å²) in [5.41, 5.74) is 6.44. The molecule has 18 heavy (non-hydrogen) atoms. The monoisotopic (exact) mass is 241 g/mol. The van der Waals surface area contributed by atoms with Gasteiger partial charge in [0, 0.05) is 18.3 Å². The van der Waals surface area contributed by atoms with Crippen molar-refractivity contribution in [1.82, 2.24) is 10.4 Å². The highest BCUT2D eigenvalue weighted by Crippen LogP contribution is 2.17. The molecule has 3 N–H and O–H groups in total. The van der Waals surface area contributed by atoms with E-state index < -0.39 is 0 Å². The Morgan fingerprint density at radius 3 is 2.50 bits per heavy atom. The summed E-state index contributed by atoms with van der Waals surface area (Å²) < 4.78 is 0. The molecule has 0 saturated carbocycles. The summed E-state index contributed by atoms with van der Waals surface area (Å²) in [4.78, 5) is 4.33. The molecule has 1 aromatic heterocycles. The van der Waals surface area contributed by atoms with E-state index in [4.69, 9.17) is 5.84 Å². The molecule has 0 amide bonds. The Bertz CT molecular complexity index is 465. The number of rotatable bonds is 5. The van der Waals surface area contributed by atoms with Gasteiger partial charge in [0.25, 0.3) is 0 Å². The smallest absolute Gasteiger partial charge is 0.0515 e. The molecule has 3 heteroatoms. The van der Waals surface area contributed by atoms with E-state index in [0.29, 0.717) is 0 Å². The molecule has 0 aliphatic heterocycles. The van der Waals surface area contributed by atoms with E-state index in [1.165, 1.54) is 11.1 Å². The van der Waals surface area contributed by atoms with E-state index in [-0.39, 0.29) is 6.04 Å². The molecule has 0 bridgehead atoms. The summed E-state index contributed by atoms with van der Waals surface area (Å²) in [5, 5.41) is 0. The molecule has 0 radical (unpaired) electrons. The number of aryl methyl sites for hydroxylation is 1. The molecule has 1 atom stereocenters. The Kier molecular flexibility index (Phi) is 4.45. The van der Waals surface area contributed by atoms with Crippen molar-refractivity contribution < 1.29 is 0 Å². The van der Waals surface area contributed by atoms with Crippen LogP contribution in [0.5, 0.6) is 0 Å². The van der Waals surface area contributed by atoms with Gasteiger partial charge in [0.15, 0.2) is 0 Å². The van der Waals surface area contributed by atoms with Gasteiger partial charge in [-0.05, 0) is 29.7 Å². The molecule has 94 valence electrons. The second-order valence-electron chi connectivity index (χ2n) is 4.34. The number of hydrogen-bond donors (Lipinski definition) is 2. The number of aromatic nitrogens is 1. The van der Waals surface area contributed by atoms with E-state index in [9.17, 15) is 0 Å². The molecule has 0 fully saturated rings. The van der Waals surface area contributed by atoms with Crippen molar-refractivity contribution in [3.05, 3.63) is 65.5 Å². The SMILES string of the molecule is CCc1ccc(C(Cc2ccccn2)NN)cc1. The van der Waals surface area contributed by atoms with Crippen molar-refractivity contribution in [2.45, 2.75) is 25.8 Å². The summed E-state index contributed by atoms with van der Waals surface area (Å²) in [5.74, 6) is 5.65. The van der Waals surface area contributed by atoms with Crippen molar-refractivity contribution in [3.8, 4) is 0 Å². The summed E-state index contributed by atoms with van der Waals surface area (Å²) in [6, 6.07) is 14.6. The zero-order valence-corrected chi connectivity index (χ0v) is 10.6. The van der Waals surface area contributed by atoms with Gasteiger partial charge >= 0.3 is 0 Å². The van der Waals surface area contributed by atoms with Crippen LogP contribution in [0, 0.1) is 0 Å². The zero-order valence-electron chi connectivity index (χ0n) is 10.6. The largest absolute Gasteiger partial charge is 0.271 e. The summed E-state index contributed by atoms with van der Waals surface area (Å²) in [6.45, 7) is 2.15. The Labute approximate surface area is 108 Å². The lowest BCUT2D eigenvalue weighted by atomic mass is 10.0. The van der Waals surface area contributed by atoms with Gasteiger partial charge in [-0.3, -0.25) is 16.3 Å². The number of pyridine rings is 1. The fourth-order valence-electron chi connectivity index (χ4n) is 1.99. The number of nitrogens with one attached hydrogen (secondary N) is 1.